The van der Waals surface area contributed by atoms with Crippen LogP contribution in [0.25, 0.3) is 0 Å². The summed E-state index contributed by atoms with van der Waals surface area (Å²) < 4.78 is 24.3. The van der Waals surface area contributed by atoms with Gasteiger partial charge in [-0.15, -0.1) is 0 Å². The van der Waals surface area contributed by atoms with Crippen molar-refractivity contribution in [2.45, 2.75) is 33.4 Å². The molecule has 0 radical (unpaired) electrons. The monoisotopic (exact) mass is 477 g/mol. The van der Waals surface area contributed by atoms with Crippen molar-refractivity contribution in [1.82, 2.24) is 4.57 Å². The summed E-state index contributed by atoms with van der Waals surface area (Å²) in [5.41, 5.74) is 2.72. The van der Waals surface area contributed by atoms with Gasteiger partial charge < -0.3 is 23.5 Å². The van der Waals surface area contributed by atoms with Crippen LogP contribution >= 0.6 is 0 Å². The molecule has 0 fully saturated rings. The third-order valence-electron chi connectivity index (χ3n) is 5.81. The minimum Gasteiger partial charge on any atom is -0.486 e. The lowest BCUT2D eigenvalue weighted by molar-refractivity contribution is -0.144. The molecule has 1 atom stereocenters. The normalized spacial score (nSPS) is 14.3. The Hall–Kier alpha value is -4.07. The number of para-hydroxylation sites is 2. The van der Waals surface area contributed by atoms with E-state index < -0.39 is 5.97 Å². The molecule has 0 saturated carbocycles. The summed E-state index contributed by atoms with van der Waals surface area (Å²) >= 11 is 0. The smallest absolute Gasteiger partial charge is 0.344 e. The Labute approximate surface area is 203 Å². The molecule has 2 aromatic carbocycles. The number of benzene rings is 2. The largest absolute Gasteiger partial charge is 0.486 e. The number of aromatic nitrogens is 1. The molecule has 35 heavy (non-hydrogen) atoms. The molecular formula is C27H27NO7. The van der Waals surface area contributed by atoms with Crippen LogP contribution in [0, 0.1) is 13.8 Å². The van der Waals surface area contributed by atoms with Gasteiger partial charge in [0.2, 0.25) is 5.78 Å². The molecule has 0 saturated heterocycles. The van der Waals surface area contributed by atoms with Gasteiger partial charge in [-0.3, -0.25) is 9.59 Å². The van der Waals surface area contributed by atoms with Crippen LogP contribution < -0.4 is 14.2 Å². The number of ether oxygens (including phenoxy) is 4. The molecule has 1 aromatic heterocycles. The van der Waals surface area contributed by atoms with Crippen LogP contribution in [-0.2, 0) is 16.1 Å². The Morgan fingerprint density at radius 1 is 1.00 bits per heavy atom. The van der Waals surface area contributed by atoms with Gasteiger partial charge in [-0.2, -0.15) is 0 Å². The molecule has 1 aliphatic rings. The number of esters is 1. The topological polar surface area (TPSA) is 93.1 Å². The number of rotatable bonds is 9. The molecule has 182 valence electrons. The van der Waals surface area contributed by atoms with Crippen molar-refractivity contribution < 1.29 is 33.3 Å². The maximum absolute atomic E-state index is 12.7. The van der Waals surface area contributed by atoms with E-state index in [0.29, 0.717) is 35.8 Å². The average Bonchev–Trinajstić information content (AvgIpc) is 3.14. The van der Waals surface area contributed by atoms with Gasteiger partial charge >= 0.3 is 5.97 Å². The van der Waals surface area contributed by atoms with Crippen LogP contribution in [-0.4, -0.2) is 48.0 Å². The molecule has 0 spiro atoms. The third kappa shape index (κ3) is 5.71. The van der Waals surface area contributed by atoms with Gasteiger partial charge in [0.1, 0.15) is 12.4 Å². The van der Waals surface area contributed by atoms with Crippen molar-refractivity contribution >= 4 is 17.5 Å². The van der Waals surface area contributed by atoms with Gasteiger partial charge in [0.05, 0.1) is 6.54 Å². The minimum atomic E-state index is -0.658. The first-order valence-electron chi connectivity index (χ1n) is 11.3. The first-order chi connectivity index (χ1) is 16.8. The number of hydrogen-bond acceptors (Lipinski definition) is 7. The SMILES string of the molecule is CC(=O)c1ccc(OCC(=O)OCC(=O)c2cc(C)n(CC3COc4ccccc4O3)c2C)cc1. The third-order valence-corrected chi connectivity index (χ3v) is 5.81. The lowest BCUT2D eigenvalue weighted by atomic mass is 10.1. The lowest BCUT2D eigenvalue weighted by Crippen LogP contribution is -2.33. The number of aryl methyl sites for hydroxylation is 1. The van der Waals surface area contributed by atoms with Crippen LogP contribution in [0.5, 0.6) is 17.2 Å². The molecule has 0 N–H and O–H groups in total. The zero-order valence-corrected chi connectivity index (χ0v) is 19.9. The maximum atomic E-state index is 12.7. The second-order valence-corrected chi connectivity index (χ2v) is 8.35. The molecule has 2 heterocycles. The summed E-state index contributed by atoms with van der Waals surface area (Å²) in [6, 6.07) is 15.7. The summed E-state index contributed by atoms with van der Waals surface area (Å²) in [7, 11) is 0. The Morgan fingerprint density at radius 2 is 1.71 bits per heavy atom. The average molecular weight is 478 g/mol. The zero-order valence-electron chi connectivity index (χ0n) is 19.9. The van der Waals surface area contributed by atoms with Crippen molar-refractivity contribution in [3.8, 4) is 17.2 Å². The zero-order chi connectivity index (χ0) is 24.9. The van der Waals surface area contributed by atoms with E-state index in [1.54, 1.807) is 30.3 Å². The van der Waals surface area contributed by atoms with E-state index >= 15 is 0 Å². The number of carbonyl (C=O) groups excluding carboxylic acids is 3. The molecule has 1 aliphatic heterocycles. The Kier molecular flexibility index (Phi) is 7.19. The Morgan fingerprint density at radius 3 is 2.43 bits per heavy atom. The highest BCUT2D eigenvalue weighted by Crippen LogP contribution is 2.31. The maximum Gasteiger partial charge on any atom is 0.344 e. The molecule has 8 heteroatoms. The summed E-state index contributed by atoms with van der Waals surface area (Å²) in [5.74, 6) is 0.840. The van der Waals surface area contributed by atoms with E-state index in [4.69, 9.17) is 18.9 Å². The predicted octanol–water partition coefficient (Wildman–Crippen LogP) is 3.95. The molecule has 8 nitrogen and oxygen atoms in total. The second kappa shape index (κ2) is 10.5. The first-order valence-corrected chi connectivity index (χ1v) is 11.3. The minimum absolute atomic E-state index is 0.0567. The van der Waals surface area contributed by atoms with Gasteiger partial charge in [0, 0.05) is 22.5 Å². The molecular weight excluding hydrogens is 450 g/mol. The number of hydrogen-bond donors (Lipinski definition) is 0. The first kappa shape index (κ1) is 24.1. The van der Waals surface area contributed by atoms with Crippen LogP contribution in [0.1, 0.15) is 39.0 Å². The summed E-state index contributed by atoms with van der Waals surface area (Å²) in [5, 5.41) is 0. The molecule has 0 aliphatic carbocycles. The summed E-state index contributed by atoms with van der Waals surface area (Å²) in [6.07, 6.45) is -0.197. The van der Waals surface area contributed by atoms with Crippen LogP contribution in [0.4, 0.5) is 0 Å². The standard InChI is InChI=1S/C27H27NO7/c1-17-12-23(18(2)28(17)13-22-14-33-25-6-4-5-7-26(25)35-22)24(30)15-34-27(31)16-32-21-10-8-20(9-11-21)19(3)29/h4-12,22H,13-16H2,1-3H3. The van der Waals surface area contributed by atoms with E-state index in [-0.39, 0.29) is 30.9 Å². The van der Waals surface area contributed by atoms with Gasteiger partial charge in [0.15, 0.2) is 36.6 Å². The second-order valence-electron chi connectivity index (χ2n) is 8.35. The number of carbonyl (C=O) groups is 3. The fourth-order valence-corrected chi connectivity index (χ4v) is 3.91. The van der Waals surface area contributed by atoms with Crippen LogP contribution in [0.3, 0.4) is 0 Å². The Bertz CT molecular complexity index is 1240. The predicted molar refractivity (Wildman–Crippen MR) is 127 cm³/mol. The summed E-state index contributed by atoms with van der Waals surface area (Å²) in [6.45, 7) is 5.45. The highest BCUT2D eigenvalue weighted by molar-refractivity contribution is 5.99. The number of Topliss-reactive ketones (excluding diaryl/α,β-unsaturated/α-hetero) is 2. The van der Waals surface area contributed by atoms with Crippen LogP contribution in [0.15, 0.2) is 54.6 Å². The molecule has 0 amide bonds. The van der Waals surface area contributed by atoms with Gasteiger partial charge in [-0.25, -0.2) is 4.79 Å². The number of nitrogens with zero attached hydrogens (tertiary/aromatic N) is 1. The quantitative estimate of drug-likeness (QED) is 0.340. The summed E-state index contributed by atoms with van der Waals surface area (Å²) in [4.78, 5) is 36.1. The van der Waals surface area contributed by atoms with E-state index in [0.717, 1.165) is 17.1 Å². The highest BCUT2D eigenvalue weighted by Gasteiger charge is 2.24. The molecule has 0 bridgehead atoms. The van der Waals surface area contributed by atoms with E-state index in [9.17, 15) is 14.4 Å². The Balaban J connectivity index is 1.30. The van der Waals surface area contributed by atoms with E-state index in [1.807, 2.05) is 42.7 Å². The van der Waals surface area contributed by atoms with Crippen LogP contribution in [0.2, 0.25) is 0 Å². The van der Waals surface area contributed by atoms with E-state index in [1.165, 1.54) is 6.92 Å². The van der Waals surface area contributed by atoms with Crippen molar-refractivity contribution in [2.24, 2.45) is 0 Å². The molecule has 1 unspecified atom stereocenters. The van der Waals surface area contributed by atoms with Crippen molar-refractivity contribution in [1.29, 1.82) is 0 Å². The number of ketones is 2. The van der Waals surface area contributed by atoms with Crippen molar-refractivity contribution in [2.75, 3.05) is 19.8 Å². The highest BCUT2D eigenvalue weighted by atomic mass is 16.6. The fourth-order valence-electron chi connectivity index (χ4n) is 3.91. The van der Waals surface area contributed by atoms with Gasteiger partial charge in [-0.1, -0.05) is 12.1 Å². The van der Waals surface area contributed by atoms with Gasteiger partial charge in [-0.05, 0) is 63.2 Å². The number of fused-ring (bicyclic) bond motifs is 1. The van der Waals surface area contributed by atoms with Crippen molar-refractivity contribution in [3.05, 3.63) is 77.1 Å². The van der Waals surface area contributed by atoms with E-state index in [2.05, 4.69) is 0 Å². The van der Waals surface area contributed by atoms with Gasteiger partial charge in [0.25, 0.3) is 0 Å². The molecule has 3 aromatic rings. The molecule has 4 rings (SSSR count). The lowest BCUT2D eigenvalue weighted by Gasteiger charge is -2.27. The fraction of sp³-hybridized carbons (Fsp3) is 0.296. The van der Waals surface area contributed by atoms with Crippen molar-refractivity contribution in [3.63, 3.8) is 0 Å².